The molecule has 0 aliphatic heterocycles. The summed E-state index contributed by atoms with van der Waals surface area (Å²) < 4.78 is 37.5. The van der Waals surface area contributed by atoms with Crippen LogP contribution in [0.4, 0.5) is 23.7 Å². The minimum atomic E-state index is -4.44. The largest absolute Gasteiger partial charge is 0.416 e. The van der Waals surface area contributed by atoms with E-state index in [0.717, 1.165) is 12.1 Å². The third kappa shape index (κ3) is 5.08. The van der Waals surface area contributed by atoms with Crippen molar-refractivity contribution in [3.05, 3.63) is 29.8 Å². The molecule has 2 amide bonds. The van der Waals surface area contributed by atoms with Crippen LogP contribution in [0.1, 0.15) is 19.4 Å². The van der Waals surface area contributed by atoms with Crippen LogP contribution < -0.4 is 16.4 Å². The van der Waals surface area contributed by atoms with E-state index in [1.54, 1.807) is 0 Å². The summed E-state index contributed by atoms with van der Waals surface area (Å²) >= 11 is 0. The first-order valence-corrected chi connectivity index (χ1v) is 6.18. The van der Waals surface area contributed by atoms with E-state index in [1.807, 2.05) is 13.8 Å². The van der Waals surface area contributed by atoms with Gasteiger partial charge in [0.1, 0.15) is 0 Å². The Bertz CT molecular complexity index is 460. The highest BCUT2D eigenvalue weighted by Gasteiger charge is 2.30. The van der Waals surface area contributed by atoms with Crippen LogP contribution in [0.15, 0.2) is 24.3 Å². The summed E-state index contributed by atoms with van der Waals surface area (Å²) in [6.45, 7) is 4.08. The Morgan fingerprint density at radius 1 is 1.35 bits per heavy atom. The summed E-state index contributed by atoms with van der Waals surface area (Å²) in [5.41, 5.74) is 5.02. The minimum Gasteiger partial charge on any atom is -0.336 e. The Kier molecular flexibility index (Phi) is 5.38. The Labute approximate surface area is 115 Å². The first-order valence-electron chi connectivity index (χ1n) is 6.18. The van der Waals surface area contributed by atoms with Gasteiger partial charge in [-0.15, -0.1) is 0 Å². The molecule has 0 aromatic heterocycles. The number of benzene rings is 1. The monoisotopic (exact) mass is 289 g/mol. The van der Waals surface area contributed by atoms with Crippen molar-refractivity contribution in [2.75, 3.05) is 11.9 Å². The van der Waals surface area contributed by atoms with E-state index in [2.05, 4.69) is 10.6 Å². The maximum absolute atomic E-state index is 12.5. The number of rotatable bonds is 4. The van der Waals surface area contributed by atoms with Crippen LogP contribution in [-0.2, 0) is 6.18 Å². The molecule has 0 spiro atoms. The van der Waals surface area contributed by atoms with Crippen molar-refractivity contribution in [1.82, 2.24) is 5.32 Å². The molecule has 1 atom stereocenters. The zero-order valence-electron chi connectivity index (χ0n) is 11.3. The van der Waals surface area contributed by atoms with Crippen LogP contribution in [0.2, 0.25) is 0 Å². The Morgan fingerprint density at radius 2 is 2.00 bits per heavy atom. The maximum Gasteiger partial charge on any atom is 0.416 e. The number of carbonyl (C=O) groups is 1. The summed E-state index contributed by atoms with van der Waals surface area (Å²) in [5.74, 6) is 0.198. The Balaban J connectivity index is 2.58. The average molecular weight is 289 g/mol. The average Bonchev–Trinajstić information content (AvgIpc) is 2.35. The standard InChI is InChI=1S/C13H18F3N3O/c1-8(2)11(17)7-18-12(20)19-10-5-3-4-9(6-10)13(14,15)16/h3-6,8,11H,7,17H2,1-2H3,(H2,18,19,20). The zero-order chi connectivity index (χ0) is 15.3. The number of nitrogens with one attached hydrogen (secondary N) is 2. The summed E-state index contributed by atoms with van der Waals surface area (Å²) in [6, 6.07) is 3.65. The molecule has 7 heteroatoms. The zero-order valence-corrected chi connectivity index (χ0v) is 11.3. The van der Waals surface area contributed by atoms with E-state index in [0.29, 0.717) is 0 Å². The van der Waals surface area contributed by atoms with Crippen molar-refractivity contribution in [2.24, 2.45) is 11.7 Å². The molecule has 0 heterocycles. The molecule has 0 saturated heterocycles. The predicted molar refractivity (Wildman–Crippen MR) is 71.3 cm³/mol. The fourth-order valence-electron chi connectivity index (χ4n) is 1.39. The van der Waals surface area contributed by atoms with E-state index in [-0.39, 0.29) is 24.2 Å². The van der Waals surface area contributed by atoms with Gasteiger partial charge in [-0.3, -0.25) is 0 Å². The Morgan fingerprint density at radius 3 is 2.55 bits per heavy atom. The molecule has 4 nitrogen and oxygen atoms in total. The van der Waals surface area contributed by atoms with Crippen molar-refractivity contribution in [3.8, 4) is 0 Å². The van der Waals surface area contributed by atoms with Gasteiger partial charge in [-0.25, -0.2) is 4.79 Å². The van der Waals surface area contributed by atoms with Gasteiger partial charge in [0.25, 0.3) is 0 Å². The first kappa shape index (κ1) is 16.3. The number of hydrogen-bond donors (Lipinski definition) is 3. The van der Waals surface area contributed by atoms with Crippen molar-refractivity contribution in [3.63, 3.8) is 0 Å². The molecule has 0 fully saturated rings. The van der Waals surface area contributed by atoms with E-state index >= 15 is 0 Å². The van der Waals surface area contributed by atoms with Crippen LogP contribution in [0.5, 0.6) is 0 Å². The lowest BCUT2D eigenvalue weighted by Gasteiger charge is -2.16. The second-order valence-electron chi connectivity index (χ2n) is 4.82. The van der Waals surface area contributed by atoms with Crippen LogP contribution in [-0.4, -0.2) is 18.6 Å². The third-order valence-electron chi connectivity index (χ3n) is 2.80. The highest BCUT2D eigenvalue weighted by molar-refractivity contribution is 5.89. The molecule has 112 valence electrons. The lowest BCUT2D eigenvalue weighted by Crippen LogP contribution is -2.42. The van der Waals surface area contributed by atoms with Crippen LogP contribution in [0.3, 0.4) is 0 Å². The molecular formula is C13H18F3N3O. The van der Waals surface area contributed by atoms with E-state index in [9.17, 15) is 18.0 Å². The SMILES string of the molecule is CC(C)C(N)CNC(=O)Nc1cccc(C(F)(F)F)c1. The van der Waals surface area contributed by atoms with Gasteiger partial charge in [-0.05, 0) is 24.1 Å². The van der Waals surface area contributed by atoms with Crippen molar-refractivity contribution < 1.29 is 18.0 Å². The minimum absolute atomic E-state index is 0.0791. The lowest BCUT2D eigenvalue weighted by molar-refractivity contribution is -0.137. The predicted octanol–water partition coefficient (Wildman–Crippen LogP) is 2.81. The van der Waals surface area contributed by atoms with Gasteiger partial charge >= 0.3 is 12.2 Å². The summed E-state index contributed by atoms with van der Waals surface area (Å²) in [4.78, 5) is 11.5. The van der Waals surface area contributed by atoms with Crippen molar-refractivity contribution in [2.45, 2.75) is 26.1 Å². The van der Waals surface area contributed by atoms with Gasteiger partial charge in [0.2, 0.25) is 0 Å². The van der Waals surface area contributed by atoms with Gasteiger partial charge in [-0.2, -0.15) is 13.2 Å². The normalized spacial score (nSPS) is 13.2. The molecule has 0 bridgehead atoms. The van der Waals surface area contributed by atoms with Crippen molar-refractivity contribution in [1.29, 1.82) is 0 Å². The second-order valence-corrected chi connectivity index (χ2v) is 4.82. The molecule has 1 aromatic rings. The highest BCUT2D eigenvalue weighted by atomic mass is 19.4. The number of nitrogens with two attached hydrogens (primary N) is 1. The van der Waals surface area contributed by atoms with Gasteiger partial charge in [-0.1, -0.05) is 19.9 Å². The topological polar surface area (TPSA) is 67.1 Å². The number of hydrogen-bond acceptors (Lipinski definition) is 2. The molecule has 0 aliphatic rings. The quantitative estimate of drug-likeness (QED) is 0.798. The number of carbonyl (C=O) groups excluding carboxylic acids is 1. The number of halogens is 3. The number of anilines is 1. The fourth-order valence-corrected chi connectivity index (χ4v) is 1.39. The molecule has 4 N–H and O–H groups in total. The van der Waals surface area contributed by atoms with Gasteiger partial charge in [0.05, 0.1) is 5.56 Å². The summed E-state index contributed by atoms with van der Waals surface area (Å²) in [5, 5.41) is 4.86. The van der Waals surface area contributed by atoms with Crippen LogP contribution >= 0.6 is 0 Å². The van der Waals surface area contributed by atoms with E-state index in [4.69, 9.17) is 5.73 Å². The number of amides is 2. The van der Waals surface area contributed by atoms with Gasteiger partial charge in [0.15, 0.2) is 0 Å². The first-order chi connectivity index (χ1) is 9.20. The Hall–Kier alpha value is -1.76. The molecular weight excluding hydrogens is 271 g/mol. The number of alkyl halides is 3. The van der Waals surface area contributed by atoms with Crippen molar-refractivity contribution >= 4 is 11.7 Å². The third-order valence-corrected chi connectivity index (χ3v) is 2.80. The maximum atomic E-state index is 12.5. The molecule has 20 heavy (non-hydrogen) atoms. The second kappa shape index (κ2) is 6.60. The van der Waals surface area contributed by atoms with E-state index in [1.165, 1.54) is 12.1 Å². The molecule has 1 rings (SSSR count). The number of urea groups is 1. The molecule has 1 aromatic carbocycles. The smallest absolute Gasteiger partial charge is 0.336 e. The van der Waals surface area contributed by atoms with Gasteiger partial charge in [0, 0.05) is 18.3 Å². The van der Waals surface area contributed by atoms with Gasteiger partial charge < -0.3 is 16.4 Å². The van der Waals surface area contributed by atoms with Crippen LogP contribution in [0.25, 0.3) is 0 Å². The summed E-state index contributed by atoms with van der Waals surface area (Å²) in [7, 11) is 0. The molecule has 0 saturated carbocycles. The molecule has 1 unspecified atom stereocenters. The fraction of sp³-hybridized carbons (Fsp3) is 0.462. The van der Waals surface area contributed by atoms with Crippen LogP contribution in [0, 0.1) is 5.92 Å². The summed E-state index contributed by atoms with van der Waals surface area (Å²) in [6.07, 6.45) is -4.44. The lowest BCUT2D eigenvalue weighted by atomic mass is 10.1. The molecule has 0 radical (unpaired) electrons. The molecule has 0 aliphatic carbocycles. The van der Waals surface area contributed by atoms with E-state index < -0.39 is 17.8 Å². The highest BCUT2D eigenvalue weighted by Crippen LogP contribution is 2.30.